The van der Waals surface area contributed by atoms with Crippen molar-refractivity contribution < 1.29 is 14.3 Å². The number of carbonyl (C=O) groups excluding carboxylic acids is 2. The van der Waals surface area contributed by atoms with E-state index in [9.17, 15) is 9.59 Å². The van der Waals surface area contributed by atoms with Crippen molar-refractivity contribution >= 4 is 70.6 Å². The number of likely N-dealkylation sites (tertiary alicyclic amines) is 1. The Hall–Kier alpha value is -2.48. The number of para-hydroxylation sites is 1. The largest absolute Gasteiger partial charge is 0.415 e. The lowest BCUT2D eigenvalue weighted by Gasteiger charge is -2.33. The highest BCUT2D eigenvalue weighted by Gasteiger charge is 2.53. The van der Waals surface area contributed by atoms with E-state index in [1.54, 1.807) is 34.1 Å². The maximum atomic E-state index is 13.6. The van der Waals surface area contributed by atoms with Crippen molar-refractivity contribution in [1.82, 2.24) is 10.2 Å². The van der Waals surface area contributed by atoms with E-state index in [4.69, 9.17) is 39.5 Å². The van der Waals surface area contributed by atoms with Gasteiger partial charge in [-0.25, -0.2) is 4.79 Å². The number of fused-ring (bicyclic) bond motifs is 5. The Balaban J connectivity index is 0.00000264. The molecule has 1 N–H and O–H groups in total. The average Bonchev–Trinajstić information content (AvgIpc) is 3.38. The monoisotopic (exact) mass is 589 g/mol. The van der Waals surface area contributed by atoms with Gasteiger partial charge in [0.1, 0.15) is 5.75 Å². The molecule has 2 saturated heterocycles. The summed E-state index contributed by atoms with van der Waals surface area (Å²) in [5.41, 5.74) is 3.68. The highest BCUT2D eigenvalue weighted by Crippen LogP contribution is 2.61. The minimum Gasteiger partial charge on any atom is -0.410 e. The lowest BCUT2D eigenvalue weighted by atomic mass is 9.90. The maximum Gasteiger partial charge on any atom is 0.415 e. The van der Waals surface area contributed by atoms with Crippen LogP contribution < -0.4 is 15.0 Å². The van der Waals surface area contributed by atoms with Gasteiger partial charge in [0.2, 0.25) is 5.91 Å². The first kappa shape index (κ1) is 25.8. The molecule has 10 heteroatoms. The van der Waals surface area contributed by atoms with E-state index < -0.39 is 6.09 Å². The molecule has 0 aromatic heterocycles. The molecule has 3 aliphatic heterocycles. The van der Waals surface area contributed by atoms with E-state index in [0.717, 1.165) is 36.1 Å². The lowest BCUT2D eigenvalue weighted by Crippen LogP contribution is -2.47. The Bertz CT molecular complexity index is 1460. The number of anilines is 2. The second-order valence-electron chi connectivity index (χ2n) is 10.1. The summed E-state index contributed by atoms with van der Waals surface area (Å²) in [5.74, 6) is 0.164. The zero-order chi connectivity index (χ0) is 25.4. The number of carbonyl (C=O) groups is 2. The van der Waals surface area contributed by atoms with Crippen LogP contribution in [0.15, 0.2) is 54.6 Å². The van der Waals surface area contributed by atoms with Crippen LogP contribution in [0, 0.1) is 5.92 Å². The summed E-state index contributed by atoms with van der Waals surface area (Å²) in [7, 11) is 0. The van der Waals surface area contributed by atoms with Crippen LogP contribution >= 0.6 is 47.2 Å². The van der Waals surface area contributed by atoms with Gasteiger partial charge < -0.3 is 15.0 Å². The molecule has 2 bridgehead atoms. The number of benzene rings is 3. The molecule has 1 saturated carbocycles. The molecule has 3 aromatic carbocycles. The van der Waals surface area contributed by atoms with Gasteiger partial charge in [-0.3, -0.25) is 9.69 Å². The average molecular weight is 591 g/mol. The number of halogens is 4. The maximum absolute atomic E-state index is 13.6. The van der Waals surface area contributed by atoms with Crippen molar-refractivity contribution in [2.45, 2.75) is 30.8 Å². The summed E-state index contributed by atoms with van der Waals surface area (Å²) in [6, 6.07) is 16.8. The first-order valence-electron chi connectivity index (χ1n) is 12.3. The normalized spacial score (nSPS) is 24.6. The molecular formula is C28H23Cl4N3O3. The van der Waals surface area contributed by atoms with Gasteiger partial charge in [-0.2, -0.15) is 0 Å². The molecule has 1 aliphatic carbocycles. The van der Waals surface area contributed by atoms with Crippen LogP contribution in [0.25, 0.3) is 11.1 Å². The number of hydrogen-bond acceptors (Lipinski definition) is 4. The van der Waals surface area contributed by atoms with E-state index in [0.29, 0.717) is 44.8 Å². The quantitative estimate of drug-likeness (QED) is 0.355. The van der Waals surface area contributed by atoms with E-state index in [2.05, 4.69) is 5.32 Å². The van der Waals surface area contributed by atoms with E-state index in [-0.39, 0.29) is 36.2 Å². The third kappa shape index (κ3) is 4.05. The molecule has 6 nitrogen and oxygen atoms in total. The second-order valence-corrected chi connectivity index (χ2v) is 11.3. The number of nitrogens with zero attached hydrogens (tertiary/aromatic N) is 2. The molecular weight excluding hydrogens is 568 g/mol. The number of nitrogens with one attached hydrogen (secondary N) is 1. The summed E-state index contributed by atoms with van der Waals surface area (Å²) < 4.78 is 5.96. The van der Waals surface area contributed by atoms with E-state index in [1.807, 2.05) is 30.3 Å². The van der Waals surface area contributed by atoms with Crippen LogP contribution in [-0.2, 0) is 4.79 Å². The van der Waals surface area contributed by atoms with Crippen LogP contribution in [0.2, 0.25) is 15.1 Å². The first-order chi connectivity index (χ1) is 17.9. The molecule has 4 atom stereocenters. The summed E-state index contributed by atoms with van der Waals surface area (Å²) in [6.07, 6.45) is 1.26. The fourth-order valence-electron chi connectivity index (χ4n) is 6.10. The van der Waals surface area contributed by atoms with Crippen molar-refractivity contribution in [3.8, 4) is 16.9 Å². The molecule has 0 spiro atoms. The van der Waals surface area contributed by atoms with Gasteiger partial charge in [-0.1, -0.05) is 59.1 Å². The molecule has 4 unspecified atom stereocenters. The van der Waals surface area contributed by atoms with Gasteiger partial charge in [0.15, 0.2) is 0 Å². The Morgan fingerprint density at radius 1 is 0.921 bits per heavy atom. The molecule has 4 aliphatic rings. The van der Waals surface area contributed by atoms with Crippen molar-refractivity contribution in [3.63, 3.8) is 0 Å². The fraction of sp³-hybridized carbons (Fsp3) is 0.286. The molecule has 0 radical (unpaired) electrons. The summed E-state index contributed by atoms with van der Waals surface area (Å²) in [5, 5.41) is 4.71. The Kier molecular flexibility index (Phi) is 6.52. The number of ether oxygens (including phenoxy) is 1. The van der Waals surface area contributed by atoms with Crippen molar-refractivity contribution in [3.05, 3.63) is 75.2 Å². The van der Waals surface area contributed by atoms with Gasteiger partial charge in [-0.05, 0) is 54.2 Å². The standard InChI is InChI=1S/C28H22Cl3N3O3.ClH/c29-21-5-2-1-4-17(21)18-9-16(37-28(36)33-13-14-8-15(33)12-32-14)10-24-25(18)19-11-20(19)27(35)34(24)26-22(30)6-3-7-23(26)31;/h1-7,9-10,14-15,19-20,32H,8,11-13H2;1H. The van der Waals surface area contributed by atoms with Gasteiger partial charge in [0, 0.05) is 47.7 Å². The van der Waals surface area contributed by atoms with E-state index in [1.165, 1.54) is 0 Å². The molecule has 196 valence electrons. The zero-order valence-corrected chi connectivity index (χ0v) is 23.1. The van der Waals surface area contributed by atoms with Crippen LogP contribution in [0.5, 0.6) is 5.75 Å². The zero-order valence-electron chi connectivity index (χ0n) is 20.0. The number of hydrogen-bond donors (Lipinski definition) is 1. The highest BCUT2D eigenvalue weighted by molar-refractivity contribution is 6.40. The predicted octanol–water partition coefficient (Wildman–Crippen LogP) is 7.06. The lowest BCUT2D eigenvalue weighted by molar-refractivity contribution is -0.119. The van der Waals surface area contributed by atoms with Crippen molar-refractivity contribution in [1.29, 1.82) is 0 Å². The number of rotatable bonds is 3. The van der Waals surface area contributed by atoms with Gasteiger partial charge in [-0.15, -0.1) is 12.4 Å². The third-order valence-corrected chi connectivity index (χ3v) is 8.83. The molecule has 38 heavy (non-hydrogen) atoms. The molecule has 3 aromatic rings. The van der Waals surface area contributed by atoms with Gasteiger partial charge >= 0.3 is 6.09 Å². The minimum atomic E-state index is -0.396. The molecule has 3 fully saturated rings. The van der Waals surface area contributed by atoms with E-state index >= 15 is 0 Å². The Labute approximate surface area is 241 Å². The minimum absolute atomic E-state index is 0. The van der Waals surface area contributed by atoms with Crippen molar-refractivity contribution in [2.24, 2.45) is 5.92 Å². The second kappa shape index (κ2) is 9.61. The smallest absolute Gasteiger partial charge is 0.410 e. The fourth-order valence-corrected chi connectivity index (χ4v) is 6.90. The van der Waals surface area contributed by atoms with Crippen LogP contribution in [0.4, 0.5) is 16.2 Å². The topological polar surface area (TPSA) is 61.9 Å². The van der Waals surface area contributed by atoms with Gasteiger partial charge in [0.05, 0.1) is 21.4 Å². The summed E-state index contributed by atoms with van der Waals surface area (Å²) in [6.45, 7) is 1.39. The van der Waals surface area contributed by atoms with Crippen LogP contribution in [0.3, 0.4) is 0 Å². The highest BCUT2D eigenvalue weighted by atomic mass is 35.5. The summed E-state index contributed by atoms with van der Waals surface area (Å²) >= 11 is 19.8. The van der Waals surface area contributed by atoms with Crippen LogP contribution in [-0.4, -0.2) is 42.1 Å². The Morgan fingerprint density at radius 2 is 1.66 bits per heavy atom. The third-order valence-electron chi connectivity index (χ3n) is 7.89. The summed E-state index contributed by atoms with van der Waals surface area (Å²) in [4.78, 5) is 30.2. The molecule has 3 heterocycles. The number of piperazine rings is 1. The molecule has 7 rings (SSSR count). The van der Waals surface area contributed by atoms with Gasteiger partial charge in [0.25, 0.3) is 0 Å². The molecule has 2 amide bonds. The predicted molar refractivity (Wildman–Crippen MR) is 152 cm³/mol. The Morgan fingerprint density at radius 3 is 2.34 bits per heavy atom. The van der Waals surface area contributed by atoms with Crippen molar-refractivity contribution in [2.75, 3.05) is 18.0 Å². The van der Waals surface area contributed by atoms with Crippen LogP contribution in [0.1, 0.15) is 24.3 Å². The number of amides is 2. The SMILES string of the molecule is Cl.O=C1C2CC2c2c(-c3ccccc3Cl)cc(OC(=O)N3CC4CC3CN4)cc2N1c1c(Cl)cccc1Cl. The first-order valence-corrected chi connectivity index (χ1v) is 13.5.